The van der Waals surface area contributed by atoms with E-state index in [2.05, 4.69) is 57.1 Å². The molecule has 0 saturated carbocycles. The minimum absolute atomic E-state index is 0.0365. The molecule has 7 nitrogen and oxygen atoms in total. The van der Waals surface area contributed by atoms with E-state index in [0.29, 0.717) is 12.4 Å². The second kappa shape index (κ2) is 8.71. The third kappa shape index (κ3) is 4.85. The lowest BCUT2D eigenvalue weighted by atomic mass is 10.0. The number of rotatable bonds is 7. The number of aromatic nitrogens is 4. The van der Waals surface area contributed by atoms with Crippen molar-refractivity contribution in [1.29, 1.82) is 0 Å². The van der Waals surface area contributed by atoms with E-state index in [1.807, 2.05) is 6.07 Å². The van der Waals surface area contributed by atoms with Crippen LogP contribution < -0.4 is 5.32 Å². The summed E-state index contributed by atoms with van der Waals surface area (Å²) in [6.45, 7) is 3.24. The van der Waals surface area contributed by atoms with E-state index in [1.54, 1.807) is 4.68 Å². The molecular formula is C18H26N6O. The molecule has 0 fully saturated rings. The Labute approximate surface area is 148 Å². The van der Waals surface area contributed by atoms with Crippen LogP contribution in [0.15, 0.2) is 30.3 Å². The lowest BCUT2D eigenvalue weighted by Crippen LogP contribution is -2.36. The van der Waals surface area contributed by atoms with Crippen LogP contribution in [0.5, 0.6) is 0 Å². The third-order valence-corrected chi connectivity index (χ3v) is 4.72. The number of carbonyl (C=O) groups excluding carboxylic acids is 1. The molecule has 0 unspecified atom stereocenters. The Hall–Kier alpha value is -2.28. The number of likely N-dealkylation sites (N-methyl/N-ethyl adjacent to an activating group) is 1. The van der Waals surface area contributed by atoms with E-state index in [4.69, 9.17) is 0 Å². The van der Waals surface area contributed by atoms with Gasteiger partial charge in [-0.05, 0) is 42.3 Å². The Balaban J connectivity index is 1.42. The normalized spacial score (nSPS) is 17.1. The summed E-state index contributed by atoms with van der Waals surface area (Å²) in [5, 5.41) is 14.8. The molecule has 2 aromatic rings. The van der Waals surface area contributed by atoms with Gasteiger partial charge in [0.05, 0.1) is 5.92 Å². The fourth-order valence-electron chi connectivity index (χ4n) is 3.18. The Morgan fingerprint density at radius 2 is 2.12 bits per heavy atom. The maximum atomic E-state index is 12.5. The van der Waals surface area contributed by atoms with Crippen molar-refractivity contribution in [3.8, 4) is 0 Å². The average molecular weight is 342 g/mol. The smallest absolute Gasteiger partial charge is 0.230 e. The minimum Gasteiger partial charge on any atom is -0.354 e. The maximum absolute atomic E-state index is 12.5. The van der Waals surface area contributed by atoms with Gasteiger partial charge in [0.2, 0.25) is 5.91 Å². The lowest BCUT2D eigenvalue weighted by molar-refractivity contribution is -0.122. The molecule has 1 aliphatic rings. The number of benzene rings is 1. The van der Waals surface area contributed by atoms with E-state index in [9.17, 15) is 4.79 Å². The molecule has 25 heavy (non-hydrogen) atoms. The molecule has 1 atom stereocenters. The second-order valence-corrected chi connectivity index (χ2v) is 6.64. The van der Waals surface area contributed by atoms with Gasteiger partial charge in [-0.3, -0.25) is 4.79 Å². The van der Waals surface area contributed by atoms with Crippen LogP contribution in [0.3, 0.4) is 0 Å². The number of nitrogens with zero attached hydrogens (tertiary/aromatic N) is 5. The zero-order valence-corrected chi connectivity index (χ0v) is 14.8. The van der Waals surface area contributed by atoms with Gasteiger partial charge >= 0.3 is 0 Å². The third-order valence-electron chi connectivity index (χ3n) is 4.72. The molecule has 2 heterocycles. The Morgan fingerprint density at radius 3 is 2.96 bits per heavy atom. The van der Waals surface area contributed by atoms with Crippen LogP contribution in [0.1, 0.15) is 36.6 Å². The van der Waals surface area contributed by atoms with Gasteiger partial charge in [0.25, 0.3) is 0 Å². The summed E-state index contributed by atoms with van der Waals surface area (Å²) in [6.07, 6.45) is 3.86. The van der Waals surface area contributed by atoms with Crippen molar-refractivity contribution in [2.45, 2.75) is 38.1 Å². The summed E-state index contributed by atoms with van der Waals surface area (Å²) in [6, 6.07) is 10.5. The van der Waals surface area contributed by atoms with Crippen LogP contribution in [0, 0.1) is 0 Å². The topological polar surface area (TPSA) is 75.9 Å². The Bertz CT molecular complexity index is 671. The number of carbonyl (C=O) groups is 1. The predicted octanol–water partition coefficient (Wildman–Crippen LogP) is 1.23. The van der Waals surface area contributed by atoms with Gasteiger partial charge in [0.1, 0.15) is 0 Å². The number of amides is 1. The van der Waals surface area contributed by atoms with Crippen molar-refractivity contribution >= 4 is 5.91 Å². The zero-order valence-electron chi connectivity index (χ0n) is 14.8. The maximum Gasteiger partial charge on any atom is 0.230 e. The van der Waals surface area contributed by atoms with Gasteiger partial charge in [-0.25, -0.2) is 4.68 Å². The SMILES string of the molecule is CN(CCNC(=O)[C@H]1CCCCn2nnnc21)CCc1ccccc1. The van der Waals surface area contributed by atoms with Crippen molar-refractivity contribution in [2.24, 2.45) is 0 Å². The molecule has 3 rings (SSSR count). The number of tetrazole rings is 1. The first-order valence-electron chi connectivity index (χ1n) is 9.00. The predicted molar refractivity (Wildman–Crippen MR) is 95.1 cm³/mol. The van der Waals surface area contributed by atoms with Gasteiger partial charge in [-0.2, -0.15) is 0 Å². The van der Waals surface area contributed by atoms with Crippen LogP contribution in [0.4, 0.5) is 0 Å². The summed E-state index contributed by atoms with van der Waals surface area (Å²) >= 11 is 0. The highest BCUT2D eigenvalue weighted by atomic mass is 16.1. The summed E-state index contributed by atoms with van der Waals surface area (Å²) in [7, 11) is 2.08. The Morgan fingerprint density at radius 1 is 1.28 bits per heavy atom. The summed E-state index contributed by atoms with van der Waals surface area (Å²) in [5.41, 5.74) is 1.34. The van der Waals surface area contributed by atoms with E-state index < -0.39 is 0 Å². The van der Waals surface area contributed by atoms with Crippen LogP contribution in [0.2, 0.25) is 0 Å². The Kier molecular flexibility index (Phi) is 6.11. The summed E-state index contributed by atoms with van der Waals surface area (Å²) in [5.74, 6) is 0.508. The van der Waals surface area contributed by atoms with Crippen molar-refractivity contribution in [1.82, 2.24) is 30.4 Å². The molecule has 0 saturated heterocycles. The number of fused-ring (bicyclic) bond motifs is 1. The van der Waals surface area contributed by atoms with E-state index in [0.717, 1.165) is 45.3 Å². The van der Waals surface area contributed by atoms with Gasteiger partial charge < -0.3 is 10.2 Å². The molecule has 0 aliphatic carbocycles. The monoisotopic (exact) mass is 342 g/mol. The molecule has 7 heteroatoms. The van der Waals surface area contributed by atoms with Crippen molar-refractivity contribution in [3.63, 3.8) is 0 Å². The number of hydrogen-bond donors (Lipinski definition) is 1. The number of hydrogen-bond acceptors (Lipinski definition) is 5. The quantitative estimate of drug-likeness (QED) is 0.819. The summed E-state index contributed by atoms with van der Waals surface area (Å²) in [4.78, 5) is 14.8. The van der Waals surface area contributed by atoms with Crippen LogP contribution in [0.25, 0.3) is 0 Å². The molecule has 1 aliphatic heterocycles. The van der Waals surface area contributed by atoms with Crippen LogP contribution >= 0.6 is 0 Å². The van der Waals surface area contributed by atoms with Gasteiger partial charge in [0, 0.05) is 26.2 Å². The lowest BCUT2D eigenvalue weighted by Gasteiger charge is -2.18. The first-order chi connectivity index (χ1) is 12.2. The largest absolute Gasteiger partial charge is 0.354 e. The number of aryl methyl sites for hydroxylation is 1. The fraction of sp³-hybridized carbons (Fsp3) is 0.556. The molecule has 0 spiro atoms. The molecule has 1 N–H and O–H groups in total. The highest BCUT2D eigenvalue weighted by molar-refractivity contribution is 5.82. The van der Waals surface area contributed by atoms with Crippen LogP contribution in [-0.4, -0.2) is 57.7 Å². The molecule has 1 aromatic carbocycles. The van der Waals surface area contributed by atoms with Gasteiger partial charge in [-0.1, -0.05) is 36.8 Å². The molecule has 0 bridgehead atoms. The standard InChI is InChI=1S/C18H26N6O/c1-23(13-10-15-7-3-2-4-8-15)14-11-19-18(25)16-9-5-6-12-24-17(16)20-21-22-24/h2-4,7-8,16H,5-6,9-14H2,1H3,(H,19,25)/t16-/m0/s1. The van der Waals surface area contributed by atoms with E-state index in [1.165, 1.54) is 5.56 Å². The molecular weight excluding hydrogens is 316 g/mol. The van der Waals surface area contributed by atoms with Gasteiger partial charge in [0.15, 0.2) is 5.82 Å². The fourth-order valence-corrected chi connectivity index (χ4v) is 3.18. The first-order valence-corrected chi connectivity index (χ1v) is 9.00. The molecule has 1 amide bonds. The summed E-state index contributed by atoms with van der Waals surface area (Å²) < 4.78 is 1.77. The number of nitrogens with one attached hydrogen (secondary N) is 1. The average Bonchev–Trinajstić information content (AvgIpc) is 3.00. The zero-order chi connectivity index (χ0) is 17.5. The van der Waals surface area contributed by atoms with Crippen molar-refractivity contribution in [3.05, 3.63) is 41.7 Å². The highest BCUT2D eigenvalue weighted by Gasteiger charge is 2.28. The van der Waals surface area contributed by atoms with Crippen LogP contribution in [-0.2, 0) is 17.8 Å². The highest BCUT2D eigenvalue weighted by Crippen LogP contribution is 2.23. The first kappa shape index (κ1) is 17.5. The van der Waals surface area contributed by atoms with Crippen molar-refractivity contribution < 1.29 is 4.79 Å². The van der Waals surface area contributed by atoms with Gasteiger partial charge in [-0.15, -0.1) is 5.10 Å². The molecule has 1 aromatic heterocycles. The second-order valence-electron chi connectivity index (χ2n) is 6.64. The molecule has 0 radical (unpaired) electrons. The minimum atomic E-state index is -0.230. The van der Waals surface area contributed by atoms with Crippen molar-refractivity contribution in [2.75, 3.05) is 26.7 Å². The molecule has 134 valence electrons. The van der Waals surface area contributed by atoms with E-state index in [-0.39, 0.29) is 11.8 Å². The van der Waals surface area contributed by atoms with E-state index >= 15 is 0 Å².